The van der Waals surface area contributed by atoms with Crippen molar-refractivity contribution in [2.24, 2.45) is 0 Å². The number of carbonyl (C=O) groups excluding carboxylic acids is 1. The molecule has 0 radical (unpaired) electrons. The molecule has 2 aromatic heterocycles. The van der Waals surface area contributed by atoms with Crippen LogP contribution in [0.5, 0.6) is 6.01 Å². The Kier molecular flexibility index (Phi) is 8.73. The van der Waals surface area contributed by atoms with Crippen LogP contribution in [0.2, 0.25) is 10.0 Å². The first-order valence-corrected chi connectivity index (χ1v) is 15.3. The molecule has 1 amide bonds. The minimum atomic E-state index is -1.10. The molecule has 2 atom stereocenters. The third-order valence-electron chi connectivity index (χ3n) is 8.51. The Labute approximate surface area is 268 Å². The average molecular weight is 653 g/mol. The van der Waals surface area contributed by atoms with Gasteiger partial charge in [0.15, 0.2) is 11.6 Å². The van der Waals surface area contributed by atoms with Crippen molar-refractivity contribution in [3.8, 4) is 23.3 Å². The Morgan fingerprint density at radius 1 is 1.18 bits per heavy atom. The molecule has 6 rings (SSSR count). The van der Waals surface area contributed by atoms with Gasteiger partial charge in [0.1, 0.15) is 23.6 Å². The van der Waals surface area contributed by atoms with E-state index >= 15 is 4.39 Å². The minimum Gasteiger partial charge on any atom is -0.462 e. The predicted octanol–water partition coefficient (Wildman–Crippen LogP) is 6.18. The van der Waals surface area contributed by atoms with E-state index < -0.39 is 23.6 Å². The van der Waals surface area contributed by atoms with E-state index in [0.29, 0.717) is 33.8 Å². The molecule has 9 nitrogen and oxygen atoms in total. The highest BCUT2D eigenvalue weighted by Crippen LogP contribution is 2.40. The van der Waals surface area contributed by atoms with Crippen molar-refractivity contribution in [1.29, 1.82) is 5.26 Å². The van der Waals surface area contributed by atoms with E-state index in [4.69, 9.17) is 27.9 Å². The van der Waals surface area contributed by atoms with Crippen molar-refractivity contribution in [1.82, 2.24) is 24.8 Å². The number of aromatic nitrogens is 3. The normalized spacial score (nSPS) is 18.8. The highest BCUT2D eigenvalue weighted by Gasteiger charge is 2.34. The first kappa shape index (κ1) is 30.9. The molecule has 0 bridgehead atoms. The smallest absolute Gasteiger partial charge is 0.319 e. The van der Waals surface area contributed by atoms with Crippen LogP contribution >= 0.6 is 23.2 Å². The van der Waals surface area contributed by atoms with Crippen molar-refractivity contribution in [2.75, 3.05) is 44.7 Å². The van der Waals surface area contributed by atoms with Crippen LogP contribution in [0, 0.1) is 17.1 Å². The van der Waals surface area contributed by atoms with Gasteiger partial charge >= 0.3 is 6.01 Å². The summed E-state index contributed by atoms with van der Waals surface area (Å²) < 4.78 is 36.5. The Morgan fingerprint density at radius 2 is 2.00 bits per heavy atom. The molecule has 2 aliphatic rings. The van der Waals surface area contributed by atoms with E-state index in [1.165, 1.54) is 11.1 Å². The quantitative estimate of drug-likeness (QED) is 0.219. The number of ether oxygens (including phenoxy) is 1. The fraction of sp³-hybridized carbons (Fsp3) is 0.344. The van der Waals surface area contributed by atoms with E-state index in [9.17, 15) is 14.4 Å². The zero-order valence-corrected chi connectivity index (χ0v) is 26.0. The number of anilines is 1. The van der Waals surface area contributed by atoms with Gasteiger partial charge in [0.2, 0.25) is 0 Å². The number of hydrogen-bond acceptors (Lipinski definition) is 8. The predicted molar refractivity (Wildman–Crippen MR) is 170 cm³/mol. The number of nitriles is 1. The maximum atomic E-state index is 16.6. The molecule has 0 saturated carbocycles. The number of amides is 1. The summed E-state index contributed by atoms with van der Waals surface area (Å²) in [5.41, 5.74) is 0.465. The zero-order valence-electron chi connectivity index (χ0n) is 24.4. The lowest BCUT2D eigenvalue weighted by Crippen LogP contribution is -2.55. The number of carbonyl (C=O) groups is 1. The van der Waals surface area contributed by atoms with E-state index in [2.05, 4.69) is 32.5 Å². The van der Waals surface area contributed by atoms with Crippen LogP contribution in [0.1, 0.15) is 19.3 Å². The fourth-order valence-electron chi connectivity index (χ4n) is 6.13. The summed E-state index contributed by atoms with van der Waals surface area (Å²) in [4.78, 5) is 31.5. The number of likely N-dealkylation sites (tertiary alicyclic amines) is 1. The van der Waals surface area contributed by atoms with Gasteiger partial charge < -0.3 is 19.4 Å². The first-order valence-electron chi connectivity index (χ1n) is 14.5. The second-order valence-corrected chi connectivity index (χ2v) is 12.0. The van der Waals surface area contributed by atoms with Gasteiger partial charge in [0.25, 0.3) is 5.91 Å². The first-order chi connectivity index (χ1) is 21.7. The molecule has 2 saturated heterocycles. The molecule has 0 N–H and O–H groups in total. The van der Waals surface area contributed by atoms with Crippen molar-refractivity contribution < 1.29 is 18.3 Å². The zero-order chi connectivity index (χ0) is 31.8. The van der Waals surface area contributed by atoms with Crippen LogP contribution in [0.4, 0.5) is 14.6 Å². The van der Waals surface area contributed by atoms with Gasteiger partial charge in [-0.1, -0.05) is 54.0 Å². The second kappa shape index (κ2) is 12.7. The highest BCUT2D eigenvalue weighted by molar-refractivity contribution is 6.46. The molecule has 2 aliphatic heterocycles. The summed E-state index contributed by atoms with van der Waals surface area (Å²) in [6.45, 7) is 4.87. The summed E-state index contributed by atoms with van der Waals surface area (Å²) in [6, 6.07) is 10.4. The van der Waals surface area contributed by atoms with Gasteiger partial charge in [0, 0.05) is 42.8 Å². The number of likely N-dealkylation sites (N-methyl/N-ethyl adjacent to an activating group) is 1. The molecular formula is C32H29Cl2F2N7O2. The third-order valence-corrected chi connectivity index (χ3v) is 9.32. The van der Waals surface area contributed by atoms with Crippen molar-refractivity contribution in [3.63, 3.8) is 0 Å². The molecule has 4 aromatic rings. The molecule has 0 unspecified atom stereocenters. The molecule has 45 heavy (non-hydrogen) atoms. The van der Waals surface area contributed by atoms with E-state index in [1.807, 2.05) is 18.0 Å². The van der Waals surface area contributed by atoms with Crippen LogP contribution in [0.3, 0.4) is 0 Å². The number of piperazine rings is 1. The number of fused-ring (bicyclic) bond motifs is 2. The number of rotatable bonds is 7. The van der Waals surface area contributed by atoms with Gasteiger partial charge in [-0.25, -0.2) is 8.78 Å². The molecule has 4 heterocycles. The fourth-order valence-corrected chi connectivity index (χ4v) is 6.56. The van der Waals surface area contributed by atoms with E-state index in [-0.39, 0.29) is 54.3 Å². The summed E-state index contributed by atoms with van der Waals surface area (Å²) in [6.07, 6.45) is 3.45. The van der Waals surface area contributed by atoms with Gasteiger partial charge in [-0.3, -0.25) is 9.78 Å². The van der Waals surface area contributed by atoms with Gasteiger partial charge in [0.05, 0.1) is 34.0 Å². The summed E-state index contributed by atoms with van der Waals surface area (Å²) >= 11 is 12.9. The molecule has 2 fully saturated rings. The lowest BCUT2D eigenvalue weighted by Gasteiger charge is -2.41. The molecule has 0 aliphatic carbocycles. The molecule has 0 spiro atoms. The SMILES string of the molecule is C=C(F)C(=O)N1CCN(c2nc(OC[C@@H]3CCCN3C)nc3c(F)c(-c4cccc5ccc(Cl)c(Cl)c45)ncc23)C[C@@H]1CC#N. The third kappa shape index (κ3) is 5.86. The lowest BCUT2D eigenvalue weighted by molar-refractivity contribution is -0.131. The monoisotopic (exact) mass is 651 g/mol. The van der Waals surface area contributed by atoms with Crippen LogP contribution < -0.4 is 9.64 Å². The number of benzene rings is 2. The number of nitrogens with zero attached hydrogens (tertiary/aromatic N) is 7. The minimum absolute atomic E-state index is 0.0117. The van der Waals surface area contributed by atoms with Gasteiger partial charge in [-0.15, -0.1) is 0 Å². The summed E-state index contributed by atoms with van der Waals surface area (Å²) in [7, 11) is 2.02. The largest absolute Gasteiger partial charge is 0.462 e. The molecule has 13 heteroatoms. The van der Waals surface area contributed by atoms with Crippen LogP contribution in [0.25, 0.3) is 32.9 Å². The van der Waals surface area contributed by atoms with E-state index in [1.54, 1.807) is 24.3 Å². The van der Waals surface area contributed by atoms with Gasteiger partial charge in [-0.2, -0.15) is 15.2 Å². The number of hydrogen-bond donors (Lipinski definition) is 0. The number of pyridine rings is 1. The maximum absolute atomic E-state index is 16.6. The van der Waals surface area contributed by atoms with Crippen molar-refractivity contribution in [3.05, 3.63) is 64.8 Å². The maximum Gasteiger partial charge on any atom is 0.319 e. The van der Waals surface area contributed by atoms with Crippen molar-refractivity contribution in [2.45, 2.75) is 31.3 Å². The van der Waals surface area contributed by atoms with Crippen LogP contribution in [0.15, 0.2) is 48.9 Å². The second-order valence-electron chi connectivity index (χ2n) is 11.2. The van der Waals surface area contributed by atoms with Crippen LogP contribution in [-0.2, 0) is 4.79 Å². The highest BCUT2D eigenvalue weighted by atomic mass is 35.5. The van der Waals surface area contributed by atoms with Gasteiger partial charge in [-0.05, 0) is 37.9 Å². The number of halogens is 4. The molecule has 232 valence electrons. The summed E-state index contributed by atoms with van der Waals surface area (Å²) in [5.74, 6) is -2.32. The van der Waals surface area contributed by atoms with E-state index in [0.717, 1.165) is 24.8 Å². The average Bonchev–Trinajstić information content (AvgIpc) is 3.45. The Morgan fingerprint density at radius 3 is 2.73 bits per heavy atom. The topological polar surface area (TPSA) is 98.5 Å². The Bertz CT molecular complexity index is 1870. The van der Waals surface area contributed by atoms with Crippen LogP contribution in [-0.4, -0.2) is 82.6 Å². The summed E-state index contributed by atoms with van der Waals surface area (Å²) in [5, 5.41) is 11.7. The molecule has 2 aromatic carbocycles. The standard InChI is InChI=1S/C32H29Cl2F2N7O2/c1-18(35)31(44)43-14-13-42(16-20(43)10-11-37)30-23-15-38-28(22-7-3-5-19-8-9-24(33)26(34)25(19)22)27(36)29(23)39-32(40-30)45-17-21-6-4-12-41(21)2/h3,5,7-9,15,20-21H,1,4,6,10,12-14,16-17H2,2H3/t20-,21-/m0/s1. The Hall–Kier alpha value is -4.11. The molecular weight excluding hydrogens is 623 g/mol. The lowest BCUT2D eigenvalue weighted by atomic mass is 10.0. The van der Waals surface area contributed by atoms with Crippen molar-refractivity contribution >= 4 is 56.6 Å². The Balaban J connectivity index is 1.46.